The number of carbonyl (C=O) groups is 1. The zero-order valence-corrected chi connectivity index (χ0v) is 15.7. The molecule has 0 aliphatic rings. The summed E-state index contributed by atoms with van der Waals surface area (Å²) < 4.78 is 34.0. The maximum Gasteiger partial charge on any atom is 0.224 e. The Morgan fingerprint density at radius 2 is 2.11 bits per heavy atom. The molecule has 0 radical (unpaired) electrons. The SMILES string of the molecule is CN(C)CCn1cc(NC(=O)CCc2ncc(-c3ccc(F)cc3F)o2)cn1. The third kappa shape index (κ3) is 5.23. The van der Waals surface area contributed by atoms with E-state index in [9.17, 15) is 13.6 Å². The van der Waals surface area contributed by atoms with Crippen molar-refractivity contribution in [2.75, 3.05) is 26.0 Å². The van der Waals surface area contributed by atoms with E-state index in [4.69, 9.17) is 4.42 Å². The van der Waals surface area contributed by atoms with E-state index < -0.39 is 11.6 Å². The third-order valence-corrected chi connectivity index (χ3v) is 4.01. The van der Waals surface area contributed by atoms with Gasteiger partial charge in [0.05, 0.1) is 30.2 Å². The van der Waals surface area contributed by atoms with Crippen molar-refractivity contribution in [1.82, 2.24) is 19.7 Å². The van der Waals surface area contributed by atoms with E-state index in [0.29, 0.717) is 11.6 Å². The lowest BCUT2D eigenvalue weighted by Crippen LogP contribution is -2.18. The van der Waals surface area contributed by atoms with E-state index in [1.807, 2.05) is 19.0 Å². The highest BCUT2D eigenvalue weighted by molar-refractivity contribution is 5.90. The standard InChI is InChI=1S/C19H21F2N5O2/c1-25(2)7-8-26-12-14(10-23-26)24-18(27)5-6-19-22-11-17(28-19)15-4-3-13(20)9-16(15)21/h3-4,9-12H,5-8H2,1-2H3,(H,24,27). The number of nitrogens with one attached hydrogen (secondary N) is 1. The molecule has 0 saturated carbocycles. The summed E-state index contributed by atoms with van der Waals surface area (Å²) in [4.78, 5) is 18.2. The Hall–Kier alpha value is -3.07. The number of hydrogen-bond donors (Lipinski definition) is 1. The van der Waals surface area contributed by atoms with Crippen LogP contribution in [0.25, 0.3) is 11.3 Å². The zero-order valence-electron chi connectivity index (χ0n) is 15.7. The number of amides is 1. The van der Waals surface area contributed by atoms with Crippen LogP contribution in [0.5, 0.6) is 0 Å². The number of nitrogens with zero attached hydrogens (tertiary/aromatic N) is 4. The lowest BCUT2D eigenvalue weighted by Gasteiger charge is -2.08. The Labute approximate surface area is 161 Å². The molecule has 1 aromatic carbocycles. The summed E-state index contributed by atoms with van der Waals surface area (Å²) >= 11 is 0. The van der Waals surface area contributed by atoms with Crippen LogP contribution in [0.2, 0.25) is 0 Å². The summed E-state index contributed by atoms with van der Waals surface area (Å²) in [5.74, 6) is -1.11. The van der Waals surface area contributed by atoms with E-state index in [1.165, 1.54) is 12.3 Å². The molecule has 2 aromatic heterocycles. The van der Waals surface area contributed by atoms with Crippen molar-refractivity contribution in [3.8, 4) is 11.3 Å². The van der Waals surface area contributed by atoms with Gasteiger partial charge in [0.1, 0.15) is 11.6 Å². The maximum absolute atomic E-state index is 13.8. The van der Waals surface area contributed by atoms with Crippen LogP contribution in [0.15, 0.2) is 41.2 Å². The number of aryl methyl sites for hydroxylation is 1. The minimum atomic E-state index is -0.730. The van der Waals surface area contributed by atoms with Crippen LogP contribution in [-0.4, -0.2) is 46.2 Å². The van der Waals surface area contributed by atoms with Gasteiger partial charge in [-0.25, -0.2) is 13.8 Å². The van der Waals surface area contributed by atoms with Crippen LogP contribution in [-0.2, 0) is 17.8 Å². The van der Waals surface area contributed by atoms with E-state index in [-0.39, 0.29) is 30.1 Å². The highest BCUT2D eigenvalue weighted by Gasteiger charge is 2.13. The molecule has 0 bridgehead atoms. The summed E-state index contributed by atoms with van der Waals surface area (Å²) in [7, 11) is 3.95. The van der Waals surface area contributed by atoms with Crippen molar-refractivity contribution < 1.29 is 18.0 Å². The van der Waals surface area contributed by atoms with Crippen molar-refractivity contribution >= 4 is 11.6 Å². The highest BCUT2D eigenvalue weighted by atomic mass is 19.1. The molecule has 0 unspecified atom stereocenters. The Kier molecular flexibility index (Phi) is 6.15. The topological polar surface area (TPSA) is 76.2 Å². The lowest BCUT2D eigenvalue weighted by molar-refractivity contribution is -0.116. The normalized spacial score (nSPS) is 11.2. The number of benzene rings is 1. The largest absolute Gasteiger partial charge is 0.441 e. The number of aromatic nitrogens is 3. The van der Waals surface area contributed by atoms with Crippen LogP contribution in [0.4, 0.5) is 14.5 Å². The fraction of sp³-hybridized carbons (Fsp3) is 0.316. The van der Waals surface area contributed by atoms with Gasteiger partial charge in [0.15, 0.2) is 11.7 Å². The van der Waals surface area contributed by atoms with Crippen molar-refractivity contribution in [3.05, 3.63) is 54.3 Å². The first-order chi connectivity index (χ1) is 13.4. The fourth-order valence-electron chi connectivity index (χ4n) is 2.54. The van der Waals surface area contributed by atoms with Crippen LogP contribution in [0.1, 0.15) is 12.3 Å². The van der Waals surface area contributed by atoms with E-state index in [0.717, 1.165) is 25.2 Å². The third-order valence-electron chi connectivity index (χ3n) is 4.01. The summed E-state index contributed by atoms with van der Waals surface area (Å²) in [6.45, 7) is 1.57. The summed E-state index contributed by atoms with van der Waals surface area (Å²) in [6, 6.07) is 3.21. The van der Waals surface area contributed by atoms with Gasteiger partial charge in [-0.2, -0.15) is 5.10 Å². The molecule has 28 heavy (non-hydrogen) atoms. The van der Waals surface area contributed by atoms with Crippen LogP contribution < -0.4 is 5.32 Å². The summed E-state index contributed by atoms with van der Waals surface area (Å²) in [5.41, 5.74) is 0.736. The van der Waals surface area contributed by atoms with Crippen LogP contribution in [0, 0.1) is 11.6 Å². The molecule has 9 heteroatoms. The number of carbonyl (C=O) groups excluding carboxylic acids is 1. The molecule has 2 heterocycles. The average molecular weight is 389 g/mol. The Balaban J connectivity index is 1.52. The average Bonchev–Trinajstić information content (AvgIpc) is 3.28. The molecule has 0 fully saturated rings. The van der Waals surface area contributed by atoms with Gasteiger partial charge < -0.3 is 14.6 Å². The maximum atomic E-state index is 13.8. The smallest absolute Gasteiger partial charge is 0.224 e. The lowest BCUT2D eigenvalue weighted by atomic mass is 10.2. The van der Waals surface area contributed by atoms with Gasteiger partial charge in [0.25, 0.3) is 0 Å². The highest BCUT2D eigenvalue weighted by Crippen LogP contribution is 2.24. The second-order valence-electron chi connectivity index (χ2n) is 6.59. The molecule has 0 aliphatic heterocycles. The first kappa shape index (κ1) is 19.7. The molecule has 7 nitrogen and oxygen atoms in total. The molecule has 0 saturated heterocycles. The van der Waals surface area contributed by atoms with Gasteiger partial charge >= 0.3 is 0 Å². The van der Waals surface area contributed by atoms with Crippen LogP contribution in [0.3, 0.4) is 0 Å². The quantitative estimate of drug-likeness (QED) is 0.641. The Bertz CT molecular complexity index is 951. The predicted molar refractivity (Wildman–Crippen MR) is 99.6 cm³/mol. The number of oxazole rings is 1. The van der Waals surface area contributed by atoms with Crippen molar-refractivity contribution in [3.63, 3.8) is 0 Å². The van der Waals surface area contributed by atoms with Gasteiger partial charge in [-0.15, -0.1) is 0 Å². The van der Waals surface area contributed by atoms with Crippen molar-refractivity contribution in [2.24, 2.45) is 0 Å². The molecule has 1 amide bonds. The second-order valence-corrected chi connectivity index (χ2v) is 6.59. The van der Waals surface area contributed by atoms with Gasteiger partial charge in [-0.05, 0) is 26.2 Å². The second kappa shape index (κ2) is 8.75. The van der Waals surface area contributed by atoms with Gasteiger partial charge in [0, 0.05) is 31.6 Å². The first-order valence-corrected chi connectivity index (χ1v) is 8.78. The predicted octanol–water partition coefficient (Wildman–Crippen LogP) is 2.95. The minimum Gasteiger partial charge on any atom is -0.441 e. The molecule has 1 N–H and O–H groups in total. The minimum absolute atomic E-state index is 0.120. The molecule has 0 spiro atoms. The van der Waals surface area contributed by atoms with E-state index in [1.54, 1.807) is 17.1 Å². The fourth-order valence-corrected chi connectivity index (χ4v) is 2.54. The van der Waals surface area contributed by atoms with Gasteiger partial charge in [0.2, 0.25) is 5.91 Å². The molecular formula is C19H21F2N5O2. The zero-order chi connectivity index (χ0) is 20.1. The number of anilines is 1. The Morgan fingerprint density at radius 1 is 1.29 bits per heavy atom. The number of likely N-dealkylation sites (N-methyl/N-ethyl adjacent to an activating group) is 1. The first-order valence-electron chi connectivity index (χ1n) is 8.78. The Morgan fingerprint density at radius 3 is 2.86 bits per heavy atom. The van der Waals surface area contributed by atoms with Gasteiger partial charge in [-0.1, -0.05) is 0 Å². The van der Waals surface area contributed by atoms with Crippen LogP contribution >= 0.6 is 0 Å². The van der Waals surface area contributed by atoms with Crippen molar-refractivity contribution in [1.29, 1.82) is 0 Å². The molecule has 0 atom stereocenters. The van der Waals surface area contributed by atoms with Crippen molar-refractivity contribution in [2.45, 2.75) is 19.4 Å². The summed E-state index contributed by atoms with van der Waals surface area (Å²) in [5, 5.41) is 6.96. The number of halogens is 2. The molecule has 148 valence electrons. The molecule has 3 rings (SSSR count). The number of hydrogen-bond acceptors (Lipinski definition) is 5. The molecular weight excluding hydrogens is 368 g/mol. The molecule has 3 aromatic rings. The number of rotatable bonds is 8. The van der Waals surface area contributed by atoms with Gasteiger partial charge in [-0.3, -0.25) is 9.48 Å². The van der Waals surface area contributed by atoms with E-state index in [2.05, 4.69) is 15.4 Å². The van der Waals surface area contributed by atoms with E-state index >= 15 is 0 Å². The monoisotopic (exact) mass is 389 g/mol. The molecule has 0 aliphatic carbocycles. The summed E-state index contributed by atoms with van der Waals surface area (Å²) in [6.07, 6.45) is 5.12.